The van der Waals surface area contributed by atoms with Gasteiger partial charge in [-0.05, 0) is 94.8 Å². The van der Waals surface area contributed by atoms with Gasteiger partial charge in [0, 0.05) is 15.6 Å². The highest BCUT2D eigenvalue weighted by molar-refractivity contribution is 9.09. The molecule has 2 aromatic heterocycles. The summed E-state index contributed by atoms with van der Waals surface area (Å²) >= 11 is 15.0. The summed E-state index contributed by atoms with van der Waals surface area (Å²) in [6.07, 6.45) is -7.76. The molecule has 376 valence electrons. The van der Waals surface area contributed by atoms with Gasteiger partial charge in [0.15, 0.2) is 0 Å². The first-order valence-corrected chi connectivity index (χ1v) is 21.6. The Morgan fingerprint density at radius 2 is 1.17 bits per heavy atom. The van der Waals surface area contributed by atoms with E-state index in [1.807, 2.05) is 27.7 Å². The molecule has 4 aromatic carbocycles. The van der Waals surface area contributed by atoms with Crippen molar-refractivity contribution < 1.29 is 73.9 Å². The molecule has 0 saturated heterocycles. The van der Waals surface area contributed by atoms with Crippen LogP contribution in [0.3, 0.4) is 0 Å². The SMILES string of the molecule is C.C.CC(C)OCc1coc(-c2cc(Cl)ccc2O)n1.CC(C)OCc1coc(-c2cc(Cl)ccc2OC(C(=O)O)c2cccc(C(F)(F)F)c2)n1.CCOC(=O)C(Br)c1cccc(C(F)(F)F)c1. The minimum absolute atomic E-state index is 0. The normalized spacial score (nSPS) is 12.1. The first-order chi connectivity index (χ1) is 31.5. The summed E-state index contributed by atoms with van der Waals surface area (Å²) in [5.41, 5.74) is 0.160. The van der Waals surface area contributed by atoms with E-state index in [0.717, 1.165) is 30.3 Å². The highest BCUT2D eigenvalue weighted by Gasteiger charge is 2.34. The van der Waals surface area contributed by atoms with Crippen LogP contribution in [0.25, 0.3) is 22.9 Å². The van der Waals surface area contributed by atoms with Crippen LogP contribution < -0.4 is 4.74 Å². The second-order valence-corrected chi connectivity index (χ2v) is 16.3. The lowest BCUT2D eigenvalue weighted by atomic mass is 10.1. The van der Waals surface area contributed by atoms with Gasteiger partial charge in [0.05, 0.1) is 54.3 Å². The second-order valence-electron chi connectivity index (χ2n) is 14.5. The Kier molecular flexibility index (Phi) is 23.3. The summed E-state index contributed by atoms with van der Waals surface area (Å²) in [5.74, 6) is -1.54. The average molecular weight is 1080 g/mol. The zero-order valence-electron chi connectivity index (χ0n) is 36.1. The first kappa shape index (κ1) is 59.5. The predicted octanol–water partition coefficient (Wildman–Crippen LogP) is 14.7. The number of carboxylic acids is 1. The summed E-state index contributed by atoms with van der Waals surface area (Å²) in [7, 11) is 0. The molecule has 0 saturated carbocycles. The summed E-state index contributed by atoms with van der Waals surface area (Å²) < 4.78 is 109. The number of carbonyl (C=O) groups is 2. The smallest absolute Gasteiger partial charge is 0.416 e. The number of alkyl halides is 7. The number of aromatic hydroxyl groups is 1. The van der Waals surface area contributed by atoms with Gasteiger partial charge in [0.1, 0.15) is 40.2 Å². The van der Waals surface area contributed by atoms with E-state index >= 15 is 0 Å². The number of phenolic OH excluding ortho intramolecular Hbond substituents is 1. The molecule has 0 radical (unpaired) electrons. The van der Waals surface area contributed by atoms with Gasteiger partial charge in [-0.25, -0.2) is 14.8 Å². The number of esters is 1. The predicted molar refractivity (Wildman–Crippen MR) is 251 cm³/mol. The van der Waals surface area contributed by atoms with E-state index in [-0.39, 0.29) is 74.4 Å². The molecule has 0 aliphatic rings. The van der Waals surface area contributed by atoms with Crippen molar-refractivity contribution in [3.8, 4) is 34.4 Å². The molecule has 12 nitrogen and oxygen atoms in total. The van der Waals surface area contributed by atoms with E-state index in [1.165, 1.54) is 55.0 Å². The highest BCUT2D eigenvalue weighted by Crippen LogP contribution is 2.38. The molecule has 0 spiro atoms. The van der Waals surface area contributed by atoms with Crippen LogP contribution in [0, 0.1) is 0 Å². The number of oxazole rings is 2. The number of carbonyl (C=O) groups excluding carboxylic acids is 1. The van der Waals surface area contributed by atoms with E-state index in [2.05, 4.69) is 25.9 Å². The Labute approximate surface area is 413 Å². The molecule has 2 atom stereocenters. The molecular formula is C48H51BrCl2F6N2O10. The number of nitrogens with zero attached hydrogens (tertiary/aromatic N) is 2. The molecule has 2 N–H and O–H groups in total. The Morgan fingerprint density at radius 1 is 0.710 bits per heavy atom. The van der Waals surface area contributed by atoms with Crippen molar-refractivity contribution in [2.45, 2.75) is 98.2 Å². The molecule has 0 aliphatic carbocycles. The van der Waals surface area contributed by atoms with Gasteiger partial charge in [-0.2, -0.15) is 26.3 Å². The zero-order valence-corrected chi connectivity index (χ0v) is 39.2. The maximum absolute atomic E-state index is 13.1. The molecule has 6 rings (SSSR count). The summed E-state index contributed by atoms with van der Waals surface area (Å²) in [5, 5.41) is 20.2. The topological polar surface area (TPSA) is 164 Å². The van der Waals surface area contributed by atoms with Crippen molar-refractivity contribution in [2.24, 2.45) is 0 Å². The maximum Gasteiger partial charge on any atom is 0.416 e. The second kappa shape index (κ2) is 27.0. The molecule has 2 heterocycles. The Hall–Kier alpha value is -5.60. The largest absolute Gasteiger partial charge is 0.507 e. The van der Waals surface area contributed by atoms with Crippen LogP contribution in [0.5, 0.6) is 11.5 Å². The molecule has 2 unspecified atom stereocenters. The number of rotatable bonds is 15. The average Bonchev–Trinajstić information content (AvgIpc) is 3.95. The van der Waals surface area contributed by atoms with Gasteiger partial charge in [-0.15, -0.1) is 0 Å². The third kappa shape index (κ3) is 18.3. The molecule has 0 amide bonds. The fourth-order valence-corrected chi connectivity index (χ4v) is 6.20. The van der Waals surface area contributed by atoms with E-state index < -0.39 is 46.3 Å². The molecule has 21 heteroatoms. The van der Waals surface area contributed by atoms with Crippen molar-refractivity contribution in [1.82, 2.24) is 9.97 Å². The highest BCUT2D eigenvalue weighted by atomic mass is 79.9. The molecule has 69 heavy (non-hydrogen) atoms. The Bertz CT molecular complexity index is 2570. The zero-order chi connectivity index (χ0) is 49.6. The lowest BCUT2D eigenvalue weighted by molar-refractivity contribution is -0.146. The van der Waals surface area contributed by atoms with Crippen molar-refractivity contribution in [1.29, 1.82) is 0 Å². The first-order valence-electron chi connectivity index (χ1n) is 19.9. The quantitative estimate of drug-likeness (QED) is 0.0569. The monoisotopic (exact) mass is 1080 g/mol. The molecular weight excluding hydrogens is 1030 g/mol. The van der Waals surface area contributed by atoms with Crippen molar-refractivity contribution >= 4 is 51.1 Å². The standard InChI is InChI=1S/C22H19ClF3NO5.C13H14ClNO3.C11H10BrF3O2.2CH4/c1-12(2)30-10-16-11-31-20(27-16)17-9-15(23)6-7-18(17)32-19(21(28)29)13-4-3-5-14(8-13)22(24,25)26;1-8(2)17-6-10-7-18-13(15-10)11-5-9(14)3-4-12(11)16;1-2-17-10(16)9(12)7-4-3-5-8(6-7)11(13,14)15;;/h3-9,11-12,19H,10H2,1-2H3,(H,28,29);3-5,7-8,16H,6H2,1-2H3;3-6,9H,2H2,1H3;2*1H4. The molecule has 0 aliphatic heterocycles. The van der Waals surface area contributed by atoms with Crippen LogP contribution in [-0.4, -0.2) is 50.9 Å². The third-order valence-electron chi connectivity index (χ3n) is 8.58. The number of hydrogen-bond donors (Lipinski definition) is 2. The lowest BCUT2D eigenvalue weighted by Crippen LogP contribution is -2.19. The minimum Gasteiger partial charge on any atom is -0.507 e. The number of phenols is 1. The Morgan fingerprint density at radius 3 is 1.65 bits per heavy atom. The van der Waals surface area contributed by atoms with Gasteiger partial charge >= 0.3 is 24.3 Å². The van der Waals surface area contributed by atoms with Gasteiger partial charge in [-0.1, -0.05) is 84.3 Å². The van der Waals surface area contributed by atoms with E-state index in [9.17, 15) is 46.1 Å². The van der Waals surface area contributed by atoms with Crippen LogP contribution in [-0.2, 0) is 49.4 Å². The van der Waals surface area contributed by atoms with Crippen molar-refractivity contribution in [2.75, 3.05) is 6.61 Å². The number of hydrogen-bond acceptors (Lipinski definition) is 11. The number of carboxylic acid groups (broad SMARTS) is 1. The number of halogens is 9. The van der Waals surface area contributed by atoms with Crippen LogP contribution in [0.15, 0.2) is 106 Å². The van der Waals surface area contributed by atoms with E-state index in [4.69, 9.17) is 51.0 Å². The molecule has 0 fully saturated rings. The van der Waals surface area contributed by atoms with Crippen LogP contribution in [0.1, 0.15) is 94.0 Å². The van der Waals surface area contributed by atoms with Gasteiger partial charge in [-0.3, -0.25) is 4.79 Å². The number of ether oxygens (including phenoxy) is 4. The number of benzene rings is 4. The van der Waals surface area contributed by atoms with Crippen molar-refractivity contribution in [3.05, 3.63) is 141 Å². The fraction of sp³-hybridized carbons (Fsp3) is 0.333. The number of aliphatic carboxylic acids is 1. The third-order valence-corrected chi connectivity index (χ3v) is 9.95. The number of aromatic nitrogens is 2. The van der Waals surface area contributed by atoms with Gasteiger partial charge < -0.3 is 38.0 Å². The maximum atomic E-state index is 13.1. The van der Waals surface area contributed by atoms with Crippen LogP contribution in [0.4, 0.5) is 26.3 Å². The fourth-order valence-electron chi connectivity index (χ4n) is 5.44. The van der Waals surface area contributed by atoms with Crippen LogP contribution >= 0.6 is 39.1 Å². The minimum atomic E-state index is -4.63. The lowest BCUT2D eigenvalue weighted by Gasteiger charge is -2.18. The van der Waals surface area contributed by atoms with Gasteiger partial charge in [0.2, 0.25) is 17.9 Å². The van der Waals surface area contributed by atoms with Crippen molar-refractivity contribution in [3.63, 3.8) is 0 Å². The summed E-state index contributed by atoms with van der Waals surface area (Å²) in [6.45, 7) is 10.0. The van der Waals surface area contributed by atoms with E-state index in [0.29, 0.717) is 39.5 Å². The van der Waals surface area contributed by atoms with Gasteiger partial charge in [0.25, 0.3) is 0 Å². The summed E-state index contributed by atoms with van der Waals surface area (Å²) in [6, 6.07) is 17.6. The molecule has 0 bridgehead atoms. The summed E-state index contributed by atoms with van der Waals surface area (Å²) in [4.78, 5) is 30.9. The van der Waals surface area contributed by atoms with Crippen LogP contribution in [0.2, 0.25) is 10.0 Å². The van der Waals surface area contributed by atoms with E-state index in [1.54, 1.807) is 19.1 Å². The Balaban J connectivity index is 0.000000378. The molecule has 6 aromatic rings.